The Morgan fingerprint density at radius 2 is 1.25 bits per heavy atom. The Labute approximate surface area is 178 Å². The van der Waals surface area contributed by atoms with Crippen LogP contribution in [-0.4, -0.2) is 29.1 Å². The number of nitro groups is 2. The Bertz CT molecular complexity index is 1050. The van der Waals surface area contributed by atoms with Gasteiger partial charge in [-0.1, -0.05) is 10.2 Å². The molecule has 0 N–H and O–H groups in total. The van der Waals surface area contributed by atoms with Crippen molar-refractivity contribution in [2.24, 2.45) is 10.2 Å². The predicted molar refractivity (Wildman–Crippen MR) is 108 cm³/mol. The summed E-state index contributed by atoms with van der Waals surface area (Å²) in [5.41, 5.74) is 16.8. The van der Waals surface area contributed by atoms with Crippen LogP contribution in [0.1, 0.15) is 11.1 Å². The van der Waals surface area contributed by atoms with Gasteiger partial charge in [0.05, 0.1) is 9.85 Å². The lowest BCUT2D eigenvalue weighted by Gasteiger charge is -2.12. The molecule has 2 rings (SSSR count). The molecule has 0 fully saturated rings. The molecule has 0 amide bonds. The van der Waals surface area contributed by atoms with E-state index in [4.69, 9.17) is 20.5 Å². The van der Waals surface area contributed by atoms with E-state index in [0.717, 1.165) is 12.1 Å². The van der Waals surface area contributed by atoms with Gasteiger partial charge >= 0.3 is 6.16 Å². The number of hydrogen-bond acceptors (Lipinski definition) is 9. The molecule has 0 aromatic heterocycles. The third-order valence-electron chi connectivity index (χ3n) is 3.99. The molecule has 0 radical (unpaired) electrons. The van der Waals surface area contributed by atoms with Gasteiger partial charge in [-0.25, -0.2) is 4.79 Å². The molecule has 0 heterocycles. The second-order valence-electron chi connectivity index (χ2n) is 5.96. The van der Waals surface area contributed by atoms with Crippen LogP contribution in [0.2, 0.25) is 0 Å². The second kappa shape index (κ2) is 11.3. The Balaban J connectivity index is 2.25. The standard InChI is InChI=1S/C17H14N8O7/c18-22-20-7-5-11-9-13(24(27)28)1-3-15(11)31-17(26)32-16-4-2-14(25(29)30)10-12(16)6-8-21-23-19/h1-4,9-10H,5-8H2. The highest BCUT2D eigenvalue weighted by Crippen LogP contribution is 2.28. The third-order valence-corrected chi connectivity index (χ3v) is 3.99. The summed E-state index contributed by atoms with van der Waals surface area (Å²) in [4.78, 5) is 38.2. The Kier molecular flexibility index (Phi) is 8.30. The minimum Gasteiger partial charge on any atom is -0.394 e. The first-order valence-corrected chi connectivity index (χ1v) is 8.81. The van der Waals surface area contributed by atoms with Gasteiger partial charge in [-0.2, -0.15) is 0 Å². The van der Waals surface area contributed by atoms with Crippen LogP contribution in [0.25, 0.3) is 20.9 Å². The highest BCUT2D eigenvalue weighted by molar-refractivity contribution is 5.69. The van der Waals surface area contributed by atoms with Crippen LogP contribution >= 0.6 is 0 Å². The summed E-state index contributed by atoms with van der Waals surface area (Å²) < 4.78 is 10.3. The molecule has 0 spiro atoms. The van der Waals surface area contributed by atoms with Gasteiger partial charge in [0, 0.05) is 58.3 Å². The first-order valence-electron chi connectivity index (χ1n) is 8.81. The molecule has 0 atom stereocenters. The van der Waals surface area contributed by atoms with E-state index in [-0.39, 0.29) is 59.9 Å². The van der Waals surface area contributed by atoms with Gasteiger partial charge in [-0.15, -0.1) is 0 Å². The molecule has 2 aromatic carbocycles. The van der Waals surface area contributed by atoms with Crippen molar-refractivity contribution in [1.29, 1.82) is 0 Å². The molecule has 0 aliphatic rings. The van der Waals surface area contributed by atoms with Crippen LogP contribution in [0.5, 0.6) is 11.5 Å². The number of hydrogen-bond donors (Lipinski definition) is 0. The minimum absolute atomic E-state index is 0.0328. The van der Waals surface area contributed by atoms with Gasteiger partial charge in [-0.05, 0) is 36.0 Å². The van der Waals surface area contributed by atoms with E-state index in [2.05, 4.69) is 20.1 Å². The molecule has 0 bridgehead atoms. The van der Waals surface area contributed by atoms with Crippen LogP contribution < -0.4 is 9.47 Å². The zero-order chi connectivity index (χ0) is 23.5. The number of azide groups is 2. The van der Waals surface area contributed by atoms with E-state index in [9.17, 15) is 25.0 Å². The maximum absolute atomic E-state index is 12.3. The number of nitrogens with zero attached hydrogens (tertiary/aromatic N) is 8. The Morgan fingerprint density at radius 3 is 1.59 bits per heavy atom. The van der Waals surface area contributed by atoms with Crippen LogP contribution in [0.15, 0.2) is 46.6 Å². The number of nitro benzene ring substituents is 2. The molecular weight excluding hydrogens is 428 g/mol. The maximum Gasteiger partial charge on any atom is 0.519 e. The van der Waals surface area contributed by atoms with Crippen molar-refractivity contribution in [3.8, 4) is 11.5 Å². The van der Waals surface area contributed by atoms with E-state index < -0.39 is 16.0 Å². The monoisotopic (exact) mass is 442 g/mol. The second-order valence-corrected chi connectivity index (χ2v) is 5.96. The highest BCUT2D eigenvalue weighted by atomic mass is 16.7. The summed E-state index contributed by atoms with van der Waals surface area (Å²) in [6, 6.07) is 6.99. The van der Waals surface area contributed by atoms with Crippen molar-refractivity contribution >= 4 is 17.5 Å². The van der Waals surface area contributed by atoms with Crippen LogP contribution in [-0.2, 0) is 12.8 Å². The highest BCUT2D eigenvalue weighted by Gasteiger charge is 2.18. The minimum atomic E-state index is -1.21. The van der Waals surface area contributed by atoms with Crippen molar-refractivity contribution in [3.05, 3.63) is 88.6 Å². The van der Waals surface area contributed by atoms with E-state index >= 15 is 0 Å². The number of ether oxygens (including phenoxy) is 2. The molecular formula is C17H14N8O7. The molecule has 2 aromatic rings. The van der Waals surface area contributed by atoms with E-state index in [1.807, 2.05) is 0 Å². The van der Waals surface area contributed by atoms with Crippen LogP contribution in [0.3, 0.4) is 0 Å². The summed E-state index contributed by atoms with van der Waals surface area (Å²) >= 11 is 0. The van der Waals surface area contributed by atoms with E-state index in [1.54, 1.807) is 0 Å². The van der Waals surface area contributed by atoms with Gasteiger partial charge in [-0.3, -0.25) is 20.2 Å². The molecule has 0 saturated carbocycles. The fourth-order valence-electron chi connectivity index (χ4n) is 2.58. The fourth-order valence-corrected chi connectivity index (χ4v) is 2.58. The van der Waals surface area contributed by atoms with Crippen molar-refractivity contribution in [3.63, 3.8) is 0 Å². The van der Waals surface area contributed by atoms with E-state index in [1.165, 1.54) is 24.3 Å². The number of rotatable bonds is 10. The quantitative estimate of drug-likeness (QED) is 0.0950. The lowest BCUT2D eigenvalue weighted by atomic mass is 10.1. The van der Waals surface area contributed by atoms with E-state index in [0.29, 0.717) is 0 Å². The zero-order valence-corrected chi connectivity index (χ0v) is 16.2. The summed E-state index contributed by atoms with van der Waals surface area (Å²) in [6.07, 6.45) is -1.09. The molecule has 164 valence electrons. The first kappa shape index (κ1) is 23.4. The number of carbonyl (C=O) groups excluding carboxylic acids is 1. The SMILES string of the molecule is [N-]=[N+]=NCCc1cc([N+](=O)[O-])ccc1OC(=O)Oc1ccc([N+](=O)[O-])cc1CCN=[N+]=[N-]. The largest absolute Gasteiger partial charge is 0.519 e. The lowest BCUT2D eigenvalue weighted by molar-refractivity contribution is -0.385. The molecule has 0 aliphatic heterocycles. The zero-order valence-electron chi connectivity index (χ0n) is 16.2. The average Bonchev–Trinajstić information content (AvgIpc) is 2.75. The molecule has 0 unspecified atom stereocenters. The smallest absolute Gasteiger partial charge is 0.394 e. The molecule has 0 aliphatic carbocycles. The summed E-state index contributed by atoms with van der Waals surface area (Å²) in [5.74, 6) is -0.0995. The first-order chi connectivity index (χ1) is 15.3. The number of benzene rings is 2. The molecule has 0 saturated heterocycles. The maximum atomic E-state index is 12.3. The topological polar surface area (TPSA) is 219 Å². The van der Waals surface area contributed by atoms with Gasteiger partial charge in [0.1, 0.15) is 11.5 Å². The Hall–Kier alpha value is -4.87. The molecule has 15 heteroatoms. The summed E-state index contributed by atoms with van der Waals surface area (Å²) in [6.45, 7) is -0.0655. The van der Waals surface area contributed by atoms with Gasteiger partial charge in [0.25, 0.3) is 11.4 Å². The van der Waals surface area contributed by atoms with Crippen molar-refractivity contribution in [2.75, 3.05) is 13.1 Å². The van der Waals surface area contributed by atoms with Crippen molar-refractivity contribution in [1.82, 2.24) is 0 Å². The van der Waals surface area contributed by atoms with Crippen LogP contribution in [0, 0.1) is 20.2 Å². The number of non-ortho nitro benzene ring substituents is 2. The van der Waals surface area contributed by atoms with Gasteiger partial charge in [0.2, 0.25) is 0 Å². The van der Waals surface area contributed by atoms with Crippen LogP contribution in [0.4, 0.5) is 16.2 Å². The number of carbonyl (C=O) groups is 1. The van der Waals surface area contributed by atoms with Crippen molar-refractivity contribution in [2.45, 2.75) is 12.8 Å². The normalized spacial score (nSPS) is 9.75. The average molecular weight is 442 g/mol. The molecule has 15 nitrogen and oxygen atoms in total. The van der Waals surface area contributed by atoms with Crippen molar-refractivity contribution < 1.29 is 24.1 Å². The predicted octanol–water partition coefficient (Wildman–Crippen LogP) is 4.79. The summed E-state index contributed by atoms with van der Waals surface area (Å²) in [7, 11) is 0. The molecule has 32 heavy (non-hydrogen) atoms. The summed E-state index contributed by atoms with van der Waals surface area (Å²) in [5, 5.41) is 28.7. The lowest BCUT2D eigenvalue weighted by Crippen LogP contribution is -2.16. The Morgan fingerprint density at radius 1 is 0.844 bits per heavy atom. The fraction of sp³-hybridized carbons (Fsp3) is 0.235. The third kappa shape index (κ3) is 6.59. The van der Waals surface area contributed by atoms with Gasteiger partial charge in [0.15, 0.2) is 0 Å². The van der Waals surface area contributed by atoms with Gasteiger partial charge < -0.3 is 9.47 Å².